The molecule has 0 aliphatic carbocycles. The van der Waals surface area contributed by atoms with E-state index in [2.05, 4.69) is 87.1 Å². The van der Waals surface area contributed by atoms with E-state index in [-0.39, 0.29) is 57.6 Å². The molecule has 0 aromatic carbocycles. The highest BCUT2D eigenvalue weighted by atomic mass is 16.5. The molecule has 0 aliphatic heterocycles. The Kier molecular flexibility index (Phi) is 24.9. The maximum absolute atomic E-state index is 14.1. The molecule has 0 fully saturated rings. The Morgan fingerprint density at radius 2 is 1.03 bits per heavy atom. The number of nitrogens with zero attached hydrogens (tertiary/aromatic N) is 7. The van der Waals surface area contributed by atoms with Crippen molar-refractivity contribution in [1.29, 1.82) is 0 Å². The first kappa shape index (κ1) is 62.3. The van der Waals surface area contributed by atoms with E-state index in [9.17, 15) is 43.5 Å². The summed E-state index contributed by atoms with van der Waals surface area (Å²) in [5.41, 5.74) is 14.8. The minimum absolute atomic E-state index is 0.104. The number of nitrogens with two attached hydrogens (primary N) is 1. The largest absolute Gasteiger partial charge is 0.480 e. The van der Waals surface area contributed by atoms with Crippen LogP contribution in [0.5, 0.6) is 0 Å². The van der Waals surface area contributed by atoms with E-state index in [1.54, 1.807) is 0 Å². The summed E-state index contributed by atoms with van der Waals surface area (Å²) in [5, 5.41) is 31.6. The van der Waals surface area contributed by atoms with Crippen molar-refractivity contribution in [1.82, 2.24) is 77.1 Å². The van der Waals surface area contributed by atoms with Crippen molar-refractivity contribution in [2.45, 2.75) is 153 Å². The van der Waals surface area contributed by atoms with E-state index < -0.39 is 94.9 Å². The van der Waals surface area contributed by atoms with Gasteiger partial charge >= 0.3 is 5.97 Å². The van der Waals surface area contributed by atoms with Gasteiger partial charge in [-0.15, -0.1) is 0 Å². The molecule has 7 atom stereocenters. The highest BCUT2D eigenvalue weighted by Gasteiger charge is 2.34. The first-order valence-electron chi connectivity index (χ1n) is 25.3. The first-order valence-corrected chi connectivity index (χ1v) is 25.3. The number of hydrogen-bond acceptors (Lipinski definition) is 16. The third kappa shape index (κ3) is 22.6. The Labute approximate surface area is 449 Å². The molecule has 4 aromatic rings. The van der Waals surface area contributed by atoms with Gasteiger partial charge in [-0.05, 0) is 72.8 Å². The molecule has 4 aromatic heterocycles. The molecule has 7 amide bonds. The fourth-order valence-electron chi connectivity index (χ4n) is 7.58. The Morgan fingerprint density at radius 3 is 1.46 bits per heavy atom. The maximum atomic E-state index is 14.1. The highest BCUT2D eigenvalue weighted by molar-refractivity contribution is 5.97. The van der Waals surface area contributed by atoms with Gasteiger partial charge in [0, 0.05) is 68.5 Å². The van der Waals surface area contributed by atoms with Gasteiger partial charge < -0.3 is 77.5 Å². The first-order chi connectivity index (χ1) is 37.0. The number of H-pyrrole nitrogens is 4. The fraction of sp³-hybridized carbons (Fsp3) is 0.583. The number of carbonyl (C=O) groups is 8. The summed E-state index contributed by atoms with van der Waals surface area (Å²) in [6.07, 6.45) is 12.6. The highest BCUT2D eigenvalue weighted by Crippen LogP contribution is 2.20. The monoisotopic (exact) mass is 1090 g/mol. The summed E-state index contributed by atoms with van der Waals surface area (Å²) >= 11 is 0. The Hall–Kier alpha value is -8.21. The number of azide groups is 1. The van der Waals surface area contributed by atoms with Crippen LogP contribution in [-0.4, -0.2) is 172 Å². The van der Waals surface area contributed by atoms with Crippen molar-refractivity contribution >= 4 is 47.3 Å². The van der Waals surface area contributed by atoms with Crippen molar-refractivity contribution in [3.8, 4) is 0 Å². The van der Waals surface area contributed by atoms with E-state index in [0.29, 0.717) is 55.2 Å². The van der Waals surface area contributed by atoms with Crippen molar-refractivity contribution in [3.05, 3.63) is 83.3 Å². The molecule has 0 bridgehead atoms. The lowest BCUT2D eigenvalue weighted by Gasteiger charge is -2.29. The molecule has 0 saturated carbocycles. The lowest BCUT2D eigenvalue weighted by molar-refractivity contribution is -0.142. The third-order valence-corrected chi connectivity index (χ3v) is 12.0. The molecule has 30 heteroatoms. The van der Waals surface area contributed by atoms with Gasteiger partial charge in [-0.2, -0.15) is 0 Å². The maximum Gasteiger partial charge on any atom is 0.326 e. The molecule has 7 unspecified atom stereocenters. The number of aliphatic carboxylic acids is 1. The van der Waals surface area contributed by atoms with Crippen LogP contribution in [0.1, 0.15) is 96.4 Å². The normalized spacial score (nSPS) is 14.2. The molecular formula is C48H73N19O11. The number of unbranched alkanes of at least 4 members (excludes halogenated alkanes) is 1. The third-order valence-electron chi connectivity index (χ3n) is 12.0. The fourth-order valence-corrected chi connectivity index (χ4v) is 7.58. The number of amides is 7. The smallest absolute Gasteiger partial charge is 0.326 e. The predicted octanol–water partition coefficient (Wildman–Crippen LogP) is -0.823. The SMILES string of the molecule is CC(NC(=O)C(N)CCCCNC(=O)CC(C)(C)OCCC(C)(C)OCCN=[N+]=[N-])C(=O)NC(Cc1c[nH]cn1)C(=O)NC(Cc1c[nH]cn1)C(=O)NC(C)C(=O)NC(Cc1c[nH]cn1)C(=O)NC(Cc1c[nH]cn1)C(=O)O. The summed E-state index contributed by atoms with van der Waals surface area (Å²) in [6, 6.07) is -9.02. The number of nitrogens with one attached hydrogen (secondary N) is 11. The second-order valence-electron chi connectivity index (χ2n) is 19.7. The van der Waals surface area contributed by atoms with Crippen LogP contribution in [0, 0.1) is 0 Å². The summed E-state index contributed by atoms with van der Waals surface area (Å²) in [5.74, 6) is -6.31. The van der Waals surface area contributed by atoms with E-state index >= 15 is 0 Å². The van der Waals surface area contributed by atoms with Gasteiger partial charge in [-0.1, -0.05) is 5.11 Å². The standard InChI is InChI=1S/C48H73N19O11/c1-28(61-42(71)34(49)9-7-8-11-55-39(68)19-48(5,6)77-13-10-47(3,4)78-14-12-60-67-50)40(69)63-36(16-31-21-52-25-57-31)44(73)65-35(15-30-20-51-24-56-30)43(72)62-29(2)41(70)64-37(17-32-22-53-26-58-32)45(74)66-38(46(75)76)18-33-23-54-27-59-33/h20-29,34-38H,7-19,49H2,1-6H3,(H,51,56)(H,52,57)(H,53,58)(H,54,59)(H,55,68)(H,61,71)(H,62,72)(H,63,69)(H,64,70)(H,65,73)(H,66,74)(H,75,76). The Morgan fingerprint density at radius 1 is 0.615 bits per heavy atom. The number of carboxylic acid groups (broad SMARTS) is 1. The van der Waals surface area contributed by atoms with Gasteiger partial charge in [0.25, 0.3) is 0 Å². The van der Waals surface area contributed by atoms with Crippen molar-refractivity contribution in [2.75, 3.05) is 26.3 Å². The number of hydrogen-bond donors (Lipinski definition) is 13. The zero-order valence-electron chi connectivity index (χ0n) is 44.6. The van der Waals surface area contributed by atoms with Gasteiger partial charge in [0.1, 0.15) is 36.3 Å². The van der Waals surface area contributed by atoms with E-state index in [1.807, 2.05) is 27.7 Å². The van der Waals surface area contributed by atoms with Gasteiger partial charge in [-0.3, -0.25) is 33.6 Å². The molecule has 78 heavy (non-hydrogen) atoms. The van der Waals surface area contributed by atoms with E-state index in [1.165, 1.54) is 63.9 Å². The zero-order valence-corrected chi connectivity index (χ0v) is 44.6. The van der Waals surface area contributed by atoms with Crippen LogP contribution in [0.25, 0.3) is 10.4 Å². The molecule has 4 heterocycles. The quantitative estimate of drug-likeness (QED) is 0.0115. The number of carbonyl (C=O) groups excluding carboxylic acids is 7. The van der Waals surface area contributed by atoms with Crippen LogP contribution >= 0.6 is 0 Å². The molecular weight excluding hydrogens is 1020 g/mol. The second kappa shape index (κ2) is 31.1. The molecule has 426 valence electrons. The number of carboxylic acids is 1. The second-order valence-corrected chi connectivity index (χ2v) is 19.7. The molecule has 4 rings (SSSR count). The van der Waals surface area contributed by atoms with Gasteiger partial charge in [-0.25, -0.2) is 24.7 Å². The van der Waals surface area contributed by atoms with Crippen LogP contribution in [0.4, 0.5) is 0 Å². The minimum Gasteiger partial charge on any atom is -0.480 e. The molecule has 30 nitrogen and oxygen atoms in total. The Balaban J connectivity index is 1.30. The summed E-state index contributed by atoms with van der Waals surface area (Å²) in [7, 11) is 0. The summed E-state index contributed by atoms with van der Waals surface area (Å²) in [6.45, 7) is 11.3. The van der Waals surface area contributed by atoms with Crippen molar-refractivity contribution in [2.24, 2.45) is 10.8 Å². The average Bonchev–Trinajstić information content (AvgIpc) is 4.25. The topological polar surface area (TPSA) is 449 Å². The van der Waals surface area contributed by atoms with Crippen LogP contribution in [-0.2, 0) is 73.5 Å². The van der Waals surface area contributed by atoms with E-state index in [0.717, 1.165) is 0 Å². The van der Waals surface area contributed by atoms with Crippen LogP contribution in [0.15, 0.2) is 55.2 Å². The Bertz CT molecular complexity index is 2570. The lowest BCUT2D eigenvalue weighted by atomic mass is 10.0. The molecule has 0 spiro atoms. The van der Waals surface area contributed by atoms with Crippen LogP contribution in [0.2, 0.25) is 0 Å². The predicted molar refractivity (Wildman–Crippen MR) is 278 cm³/mol. The number of ether oxygens (including phenoxy) is 2. The van der Waals surface area contributed by atoms with Crippen LogP contribution in [0.3, 0.4) is 0 Å². The zero-order chi connectivity index (χ0) is 57.3. The van der Waals surface area contributed by atoms with Gasteiger partial charge in [0.2, 0.25) is 41.4 Å². The molecule has 0 radical (unpaired) electrons. The number of aromatic amines is 4. The van der Waals surface area contributed by atoms with Gasteiger partial charge in [0.05, 0.1) is 85.0 Å². The number of rotatable bonds is 36. The van der Waals surface area contributed by atoms with E-state index in [4.69, 9.17) is 20.7 Å². The summed E-state index contributed by atoms with van der Waals surface area (Å²) in [4.78, 5) is 137. The molecule has 0 aliphatic rings. The average molecular weight is 1090 g/mol. The van der Waals surface area contributed by atoms with Gasteiger partial charge in [0.15, 0.2) is 0 Å². The molecule has 0 saturated heterocycles. The van der Waals surface area contributed by atoms with Crippen molar-refractivity contribution < 1.29 is 52.9 Å². The minimum atomic E-state index is -1.41. The lowest BCUT2D eigenvalue weighted by Crippen LogP contribution is -2.60. The molecule has 14 N–H and O–H groups in total. The summed E-state index contributed by atoms with van der Waals surface area (Å²) < 4.78 is 11.7. The van der Waals surface area contributed by atoms with Crippen molar-refractivity contribution in [3.63, 3.8) is 0 Å². The van der Waals surface area contributed by atoms with Crippen LogP contribution < -0.4 is 43.0 Å². The number of aromatic nitrogens is 8. The number of imidazole rings is 4.